The molecule has 0 amide bonds. The Kier molecular flexibility index (Phi) is 6.53. The van der Waals surface area contributed by atoms with E-state index in [1.807, 2.05) is 24.3 Å². The molecule has 2 rings (SSSR count). The summed E-state index contributed by atoms with van der Waals surface area (Å²) in [5.41, 5.74) is 0.564. The molecule has 1 aromatic carbocycles. The molecule has 0 radical (unpaired) electrons. The van der Waals surface area contributed by atoms with E-state index in [1.165, 1.54) is 4.57 Å². The molecule has 0 N–H and O–H groups in total. The fraction of sp³-hybridized carbons (Fsp3) is 0.278. The molecular formula is C18H17N3O3S. The van der Waals surface area contributed by atoms with Crippen molar-refractivity contribution >= 4 is 23.0 Å². The highest BCUT2D eigenvalue weighted by Crippen LogP contribution is 2.11. The molecule has 128 valence electrons. The molecular weight excluding hydrogens is 338 g/mol. The van der Waals surface area contributed by atoms with Crippen molar-refractivity contribution in [2.75, 3.05) is 20.8 Å². The maximum absolute atomic E-state index is 12.7. The first-order chi connectivity index (χ1) is 12.1. The number of methoxy groups -OCH3 is 2. The van der Waals surface area contributed by atoms with E-state index >= 15 is 0 Å². The first-order valence-corrected chi connectivity index (χ1v) is 8.35. The van der Waals surface area contributed by atoms with E-state index in [0.717, 1.165) is 22.6 Å². The van der Waals surface area contributed by atoms with Gasteiger partial charge in [0.2, 0.25) is 0 Å². The fourth-order valence-electron chi connectivity index (χ4n) is 2.25. The highest BCUT2D eigenvalue weighted by Gasteiger charge is 2.09. The van der Waals surface area contributed by atoms with Crippen LogP contribution in [0.4, 0.5) is 0 Å². The number of benzene rings is 1. The van der Waals surface area contributed by atoms with Crippen LogP contribution in [-0.2, 0) is 11.3 Å². The molecule has 1 heterocycles. The molecule has 2 aromatic rings. The minimum absolute atomic E-state index is 0.0612. The highest BCUT2D eigenvalue weighted by molar-refractivity contribution is 7.07. The van der Waals surface area contributed by atoms with E-state index in [-0.39, 0.29) is 11.1 Å². The van der Waals surface area contributed by atoms with E-state index in [4.69, 9.17) is 20.0 Å². The molecule has 0 saturated carbocycles. The minimum Gasteiger partial charge on any atom is -0.497 e. The van der Waals surface area contributed by atoms with Crippen LogP contribution in [-0.4, -0.2) is 25.4 Å². The number of hydrogen-bond donors (Lipinski definition) is 0. The van der Waals surface area contributed by atoms with Gasteiger partial charge in [0.15, 0.2) is 5.57 Å². The first-order valence-electron chi connectivity index (χ1n) is 7.53. The van der Waals surface area contributed by atoms with Crippen LogP contribution in [0.3, 0.4) is 0 Å². The van der Waals surface area contributed by atoms with Crippen molar-refractivity contribution in [2.24, 2.45) is 0 Å². The Labute approximate surface area is 149 Å². The second-order valence-electron chi connectivity index (χ2n) is 5.09. The van der Waals surface area contributed by atoms with Crippen molar-refractivity contribution in [3.05, 3.63) is 49.4 Å². The third-order valence-corrected chi connectivity index (χ3v) is 4.62. The largest absolute Gasteiger partial charge is 0.497 e. The average molecular weight is 355 g/mol. The van der Waals surface area contributed by atoms with Gasteiger partial charge in [0.1, 0.15) is 22.6 Å². The zero-order chi connectivity index (χ0) is 18.2. The topological polar surface area (TPSA) is 88.0 Å². The van der Waals surface area contributed by atoms with E-state index in [0.29, 0.717) is 28.8 Å². The Bertz CT molecular complexity index is 973. The molecule has 0 aliphatic heterocycles. The van der Waals surface area contributed by atoms with E-state index in [9.17, 15) is 4.79 Å². The van der Waals surface area contributed by atoms with Crippen molar-refractivity contribution < 1.29 is 9.47 Å². The smallest absolute Gasteiger partial charge is 0.269 e. The van der Waals surface area contributed by atoms with E-state index in [2.05, 4.69) is 0 Å². The van der Waals surface area contributed by atoms with Gasteiger partial charge < -0.3 is 9.47 Å². The molecule has 0 fully saturated rings. The lowest BCUT2D eigenvalue weighted by molar-refractivity contribution is 0.190. The van der Waals surface area contributed by atoms with Crippen molar-refractivity contribution in [1.29, 1.82) is 10.5 Å². The molecule has 25 heavy (non-hydrogen) atoms. The number of aromatic nitrogens is 1. The summed E-state index contributed by atoms with van der Waals surface area (Å²) in [7, 11) is 3.17. The van der Waals surface area contributed by atoms with Crippen LogP contribution < -0.4 is 19.5 Å². The first kappa shape index (κ1) is 18.5. The minimum atomic E-state index is -0.213. The molecule has 7 heteroatoms. The summed E-state index contributed by atoms with van der Waals surface area (Å²) in [6.45, 7) is 0.884. The molecule has 1 aromatic heterocycles. The number of rotatable bonds is 6. The number of nitriles is 2. The molecule has 0 bridgehead atoms. The van der Waals surface area contributed by atoms with Crippen LogP contribution in [0.2, 0.25) is 0 Å². The number of hydrogen-bond acceptors (Lipinski definition) is 6. The van der Waals surface area contributed by atoms with Gasteiger partial charge in [-0.1, -0.05) is 12.1 Å². The van der Waals surface area contributed by atoms with Gasteiger partial charge in [0, 0.05) is 20.3 Å². The van der Waals surface area contributed by atoms with Crippen LogP contribution in [0.1, 0.15) is 12.0 Å². The average Bonchev–Trinajstić information content (AvgIpc) is 2.93. The van der Waals surface area contributed by atoms with Gasteiger partial charge in [-0.15, -0.1) is 11.3 Å². The Morgan fingerprint density at radius 1 is 1.24 bits per heavy atom. The summed E-state index contributed by atoms with van der Waals surface area (Å²) < 4.78 is 12.5. The fourth-order valence-corrected chi connectivity index (χ4v) is 3.33. The molecule has 0 saturated heterocycles. The van der Waals surface area contributed by atoms with Crippen molar-refractivity contribution in [2.45, 2.75) is 13.0 Å². The second kappa shape index (κ2) is 8.84. The standard InChI is InChI=1S/C18H17N3O3S/c1-23-9-3-8-21-17(22)16(25-18(21)14(11-19)12-20)10-13-4-6-15(24-2)7-5-13/h4-7,10H,3,8-9H2,1-2H3/b16-10+. The van der Waals surface area contributed by atoms with E-state index in [1.54, 1.807) is 32.4 Å². The lowest BCUT2D eigenvalue weighted by Gasteiger charge is -2.01. The molecule has 6 nitrogen and oxygen atoms in total. The van der Waals surface area contributed by atoms with Gasteiger partial charge in [0.05, 0.1) is 11.6 Å². The molecule has 0 aliphatic rings. The molecule has 0 spiro atoms. The molecule has 0 aliphatic carbocycles. The van der Waals surface area contributed by atoms with E-state index < -0.39 is 0 Å². The highest BCUT2D eigenvalue weighted by atomic mass is 32.1. The zero-order valence-corrected chi connectivity index (χ0v) is 14.8. The van der Waals surface area contributed by atoms with Crippen molar-refractivity contribution in [3.8, 4) is 17.9 Å². The Morgan fingerprint density at radius 3 is 2.48 bits per heavy atom. The number of ether oxygens (including phenoxy) is 2. The normalized spacial score (nSPS) is 11.0. The maximum atomic E-state index is 12.7. The lowest BCUT2D eigenvalue weighted by Crippen LogP contribution is -2.32. The maximum Gasteiger partial charge on any atom is 0.269 e. The SMILES string of the molecule is COCCCn1c(=C(C#N)C#N)s/c(=C/c2ccc(OC)cc2)c1=O. The summed E-state index contributed by atoms with van der Waals surface area (Å²) in [5.74, 6) is 0.727. The van der Waals surface area contributed by atoms with Crippen LogP contribution in [0.15, 0.2) is 29.1 Å². The zero-order valence-electron chi connectivity index (χ0n) is 14.0. The van der Waals surface area contributed by atoms with Crippen LogP contribution in [0.5, 0.6) is 5.75 Å². The third-order valence-electron chi connectivity index (χ3n) is 3.49. The Balaban J connectivity index is 2.60. The lowest BCUT2D eigenvalue weighted by atomic mass is 10.2. The van der Waals surface area contributed by atoms with Crippen LogP contribution in [0, 0.1) is 22.7 Å². The van der Waals surface area contributed by atoms with Gasteiger partial charge >= 0.3 is 0 Å². The summed E-state index contributed by atoms with van der Waals surface area (Å²) in [5, 5.41) is 18.3. The summed E-state index contributed by atoms with van der Waals surface area (Å²) >= 11 is 1.15. The predicted molar refractivity (Wildman–Crippen MR) is 95.5 cm³/mol. The Morgan fingerprint density at radius 2 is 1.92 bits per heavy atom. The van der Waals surface area contributed by atoms with Crippen molar-refractivity contribution in [3.63, 3.8) is 0 Å². The van der Waals surface area contributed by atoms with Gasteiger partial charge in [0.25, 0.3) is 5.56 Å². The molecule has 0 atom stereocenters. The summed E-state index contributed by atoms with van der Waals surface area (Å²) in [6, 6.07) is 11.0. The predicted octanol–water partition coefficient (Wildman–Crippen LogP) is 0.982. The van der Waals surface area contributed by atoms with Gasteiger partial charge in [-0.2, -0.15) is 10.5 Å². The van der Waals surface area contributed by atoms with Crippen LogP contribution >= 0.6 is 11.3 Å². The van der Waals surface area contributed by atoms with Gasteiger partial charge in [-0.25, -0.2) is 0 Å². The number of nitrogens with zero attached hydrogens (tertiary/aromatic N) is 3. The molecule has 0 unspecified atom stereocenters. The van der Waals surface area contributed by atoms with Crippen LogP contribution in [0.25, 0.3) is 11.6 Å². The summed E-state index contributed by atoms with van der Waals surface area (Å²) in [4.78, 5) is 12.7. The monoisotopic (exact) mass is 355 g/mol. The number of thiazole rings is 1. The Hall–Kier alpha value is -2.87. The summed E-state index contributed by atoms with van der Waals surface area (Å²) in [6.07, 6.45) is 2.36. The second-order valence-corrected chi connectivity index (χ2v) is 6.12. The van der Waals surface area contributed by atoms with Crippen molar-refractivity contribution in [1.82, 2.24) is 4.57 Å². The third kappa shape index (κ3) is 4.36. The van der Waals surface area contributed by atoms with Gasteiger partial charge in [-0.05, 0) is 30.2 Å². The van der Waals surface area contributed by atoms with Gasteiger partial charge in [-0.3, -0.25) is 9.36 Å². The quantitative estimate of drug-likeness (QED) is 0.721.